The molecule has 84 valence electrons. The summed E-state index contributed by atoms with van der Waals surface area (Å²) in [6.07, 6.45) is 4.65. The molecule has 0 bridgehead atoms. The standard InChI is InChI=1S/C11H18N2OS/c1-9-7-10(3-5-12-9)13-11(4-6-14)8-15-2/h3,5,7,11,14H,4,6,8H2,1-2H3,(H,12,13). The number of hydrogen-bond donors (Lipinski definition) is 2. The molecule has 0 spiro atoms. The van der Waals surface area contributed by atoms with Gasteiger partial charge in [-0.25, -0.2) is 0 Å². The lowest BCUT2D eigenvalue weighted by Gasteiger charge is -2.18. The minimum atomic E-state index is 0.224. The molecule has 0 aliphatic heterocycles. The molecule has 4 heteroatoms. The van der Waals surface area contributed by atoms with Gasteiger partial charge < -0.3 is 10.4 Å². The summed E-state index contributed by atoms with van der Waals surface area (Å²) in [6.45, 7) is 2.20. The summed E-state index contributed by atoms with van der Waals surface area (Å²) in [6, 6.07) is 4.30. The van der Waals surface area contributed by atoms with Crippen LogP contribution in [0.5, 0.6) is 0 Å². The molecule has 0 saturated carbocycles. The maximum absolute atomic E-state index is 8.93. The van der Waals surface area contributed by atoms with Crippen LogP contribution in [-0.2, 0) is 0 Å². The van der Waals surface area contributed by atoms with Gasteiger partial charge in [-0.05, 0) is 31.7 Å². The first kappa shape index (κ1) is 12.3. The summed E-state index contributed by atoms with van der Waals surface area (Å²) in [5.41, 5.74) is 2.09. The van der Waals surface area contributed by atoms with Crippen LogP contribution < -0.4 is 5.32 Å². The number of aryl methyl sites for hydroxylation is 1. The highest BCUT2D eigenvalue weighted by Crippen LogP contribution is 2.12. The number of aliphatic hydroxyl groups is 1. The van der Waals surface area contributed by atoms with Crippen LogP contribution in [0.15, 0.2) is 18.3 Å². The Morgan fingerprint density at radius 3 is 3.00 bits per heavy atom. The second-order valence-corrected chi connectivity index (χ2v) is 4.41. The molecule has 0 aromatic carbocycles. The summed E-state index contributed by atoms with van der Waals surface area (Å²) in [5.74, 6) is 1.00. The smallest absolute Gasteiger partial charge is 0.0450 e. The Morgan fingerprint density at radius 1 is 1.60 bits per heavy atom. The summed E-state index contributed by atoms with van der Waals surface area (Å²) < 4.78 is 0. The first-order valence-electron chi connectivity index (χ1n) is 5.05. The molecule has 0 aliphatic carbocycles. The molecule has 1 heterocycles. The maximum Gasteiger partial charge on any atom is 0.0450 e. The van der Waals surface area contributed by atoms with Crippen LogP contribution in [0.25, 0.3) is 0 Å². The van der Waals surface area contributed by atoms with E-state index in [9.17, 15) is 0 Å². The van der Waals surface area contributed by atoms with Crippen molar-refractivity contribution in [1.82, 2.24) is 4.98 Å². The quantitative estimate of drug-likeness (QED) is 0.778. The first-order valence-corrected chi connectivity index (χ1v) is 6.44. The molecular formula is C11H18N2OS. The monoisotopic (exact) mass is 226 g/mol. The zero-order chi connectivity index (χ0) is 11.1. The van der Waals surface area contributed by atoms with Gasteiger partial charge in [-0.3, -0.25) is 4.98 Å². The predicted octanol–water partition coefficient (Wildman–Crippen LogP) is 1.92. The molecule has 1 aromatic heterocycles. The molecule has 1 atom stereocenters. The number of aromatic nitrogens is 1. The van der Waals surface area contributed by atoms with E-state index < -0.39 is 0 Å². The Kier molecular flexibility index (Phi) is 5.50. The van der Waals surface area contributed by atoms with E-state index in [4.69, 9.17) is 5.11 Å². The van der Waals surface area contributed by atoms with Gasteiger partial charge in [0.1, 0.15) is 0 Å². The number of aliphatic hydroxyl groups excluding tert-OH is 1. The fraction of sp³-hybridized carbons (Fsp3) is 0.545. The van der Waals surface area contributed by atoms with Crippen molar-refractivity contribution in [1.29, 1.82) is 0 Å². The average Bonchev–Trinajstić information content (AvgIpc) is 2.18. The van der Waals surface area contributed by atoms with Crippen LogP contribution >= 0.6 is 11.8 Å². The highest BCUT2D eigenvalue weighted by Gasteiger charge is 2.06. The Morgan fingerprint density at radius 2 is 2.40 bits per heavy atom. The third kappa shape index (κ3) is 4.53. The number of pyridine rings is 1. The molecule has 15 heavy (non-hydrogen) atoms. The van der Waals surface area contributed by atoms with E-state index in [1.165, 1.54) is 0 Å². The van der Waals surface area contributed by atoms with Crippen molar-refractivity contribution in [3.8, 4) is 0 Å². The van der Waals surface area contributed by atoms with Crippen molar-refractivity contribution in [3.05, 3.63) is 24.0 Å². The minimum Gasteiger partial charge on any atom is -0.396 e. The average molecular weight is 226 g/mol. The molecule has 1 aromatic rings. The van der Waals surface area contributed by atoms with E-state index >= 15 is 0 Å². The van der Waals surface area contributed by atoms with Gasteiger partial charge in [0.2, 0.25) is 0 Å². The number of hydrogen-bond acceptors (Lipinski definition) is 4. The second kappa shape index (κ2) is 6.69. The minimum absolute atomic E-state index is 0.224. The SMILES string of the molecule is CSCC(CCO)Nc1ccnc(C)c1. The van der Waals surface area contributed by atoms with Crippen molar-refractivity contribution in [2.45, 2.75) is 19.4 Å². The van der Waals surface area contributed by atoms with Gasteiger partial charge >= 0.3 is 0 Å². The van der Waals surface area contributed by atoms with Crippen LogP contribution in [0.2, 0.25) is 0 Å². The van der Waals surface area contributed by atoms with Gasteiger partial charge in [-0.1, -0.05) is 0 Å². The number of thioether (sulfide) groups is 1. The number of nitrogens with zero attached hydrogens (tertiary/aromatic N) is 1. The Bertz CT molecular complexity index is 288. The predicted molar refractivity (Wildman–Crippen MR) is 66.5 cm³/mol. The van der Waals surface area contributed by atoms with Gasteiger partial charge in [0, 0.05) is 36.0 Å². The third-order valence-electron chi connectivity index (χ3n) is 2.11. The van der Waals surface area contributed by atoms with Gasteiger partial charge in [0.25, 0.3) is 0 Å². The lowest BCUT2D eigenvalue weighted by atomic mass is 10.2. The second-order valence-electron chi connectivity index (χ2n) is 3.49. The zero-order valence-electron chi connectivity index (χ0n) is 9.23. The zero-order valence-corrected chi connectivity index (χ0v) is 10.0. The Labute approximate surface area is 95.3 Å². The number of nitrogens with one attached hydrogen (secondary N) is 1. The molecular weight excluding hydrogens is 208 g/mol. The van der Waals surface area contributed by atoms with Crippen LogP contribution in [0, 0.1) is 6.92 Å². The molecule has 1 rings (SSSR count). The summed E-state index contributed by atoms with van der Waals surface area (Å²) in [7, 11) is 0. The van der Waals surface area contributed by atoms with Gasteiger partial charge in [-0.2, -0.15) is 11.8 Å². The van der Waals surface area contributed by atoms with Crippen LogP contribution in [-0.4, -0.2) is 34.7 Å². The van der Waals surface area contributed by atoms with Crippen molar-refractivity contribution >= 4 is 17.4 Å². The van der Waals surface area contributed by atoms with E-state index in [1.54, 1.807) is 18.0 Å². The van der Waals surface area contributed by atoms with E-state index in [2.05, 4.69) is 16.6 Å². The fourth-order valence-electron chi connectivity index (χ4n) is 1.43. The van der Waals surface area contributed by atoms with E-state index in [0.29, 0.717) is 6.04 Å². The molecule has 1 unspecified atom stereocenters. The summed E-state index contributed by atoms with van der Waals surface area (Å²) in [4.78, 5) is 4.14. The van der Waals surface area contributed by atoms with Gasteiger partial charge in [0.15, 0.2) is 0 Å². The molecule has 0 fully saturated rings. The lowest BCUT2D eigenvalue weighted by molar-refractivity contribution is 0.282. The van der Waals surface area contributed by atoms with Crippen LogP contribution in [0.1, 0.15) is 12.1 Å². The van der Waals surface area contributed by atoms with Crippen molar-refractivity contribution in [2.24, 2.45) is 0 Å². The summed E-state index contributed by atoms with van der Waals surface area (Å²) >= 11 is 1.78. The largest absolute Gasteiger partial charge is 0.396 e. The van der Waals surface area contributed by atoms with Crippen molar-refractivity contribution in [2.75, 3.05) is 23.9 Å². The van der Waals surface area contributed by atoms with Gasteiger partial charge in [0.05, 0.1) is 0 Å². The van der Waals surface area contributed by atoms with Crippen molar-refractivity contribution in [3.63, 3.8) is 0 Å². The highest BCUT2D eigenvalue weighted by molar-refractivity contribution is 7.98. The van der Waals surface area contributed by atoms with Crippen LogP contribution in [0.3, 0.4) is 0 Å². The van der Waals surface area contributed by atoms with Crippen molar-refractivity contribution < 1.29 is 5.11 Å². The van der Waals surface area contributed by atoms with E-state index in [1.807, 2.05) is 19.1 Å². The molecule has 0 saturated heterocycles. The lowest BCUT2D eigenvalue weighted by Crippen LogP contribution is -2.23. The van der Waals surface area contributed by atoms with E-state index in [0.717, 1.165) is 23.6 Å². The third-order valence-corrected chi connectivity index (χ3v) is 2.85. The molecule has 3 nitrogen and oxygen atoms in total. The number of rotatable bonds is 6. The van der Waals surface area contributed by atoms with E-state index in [-0.39, 0.29) is 6.61 Å². The number of anilines is 1. The summed E-state index contributed by atoms with van der Waals surface area (Å²) in [5, 5.41) is 12.3. The maximum atomic E-state index is 8.93. The first-order chi connectivity index (χ1) is 7.26. The molecule has 0 amide bonds. The molecule has 2 N–H and O–H groups in total. The van der Waals surface area contributed by atoms with Gasteiger partial charge in [-0.15, -0.1) is 0 Å². The fourth-order valence-corrected chi connectivity index (χ4v) is 2.08. The topological polar surface area (TPSA) is 45.1 Å². The Balaban J connectivity index is 2.56. The Hall–Kier alpha value is -0.740. The molecule has 0 aliphatic rings. The van der Waals surface area contributed by atoms with Crippen LogP contribution in [0.4, 0.5) is 5.69 Å². The highest BCUT2D eigenvalue weighted by atomic mass is 32.2. The normalized spacial score (nSPS) is 12.5. The molecule has 0 radical (unpaired) electrons.